The summed E-state index contributed by atoms with van der Waals surface area (Å²) in [5.74, 6) is 0. The highest BCUT2D eigenvalue weighted by Gasteiger charge is 2.21. The first-order chi connectivity index (χ1) is 8.31. The molecule has 0 spiro atoms. The summed E-state index contributed by atoms with van der Waals surface area (Å²) in [7, 11) is 0. The second kappa shape index (κ2) is 6.28. The molecule has 0 saturated carbocycles. The fourth-order valence-corrected chi connectivity index (χ4v) is 2.64. The van der Waals surface area contributed by atoms with Crippen molar-refractivity contribution in [3.63, 3.8) is 0 Å². The zero-order valence-corrected chi connectivity index (χ0v) is 11.5. The average molecular weight is 296 g/mol. The summed E-state index contributed by atoms with van der Waals surface area (Å²) in [6.45, 7) is 8.17. The van der Waals surface area contributed by atoms with Crippen molar-refractivity contribution in [2.45, 2.75) is 12.5 Å². The van der Waals surface area contributed by atoms with E-state index in [9.17, 15) is 0 Å². The van der Waals surface area contributed by atoms with Crippen molar-refractivity contribution in [3.05, 3.63) is 41.2 Å². The van der Waals surface area contributed by atoms with E-state index < -0.39 is 0 Å². The zero-order chi connectivity index (χ0) is 12.1. The second-order valence-corrected chi connectivity index (χ2v) is 5.18. The predicted molar refractivity (Wildman–Crippen MR) is 73.9 cm³/mol. The molecule has 17 heavy (non-hydrogen) atoms. The molecule has 1 aliphatic heterocycles. The molecule has 1 fully saturated rings. The standard InChI is InChI=1S/C13H18BrN3/c1-2-3-13(17-6-4-15-5-7-17)11-8-12(14)10-16-9-11/h2,8-10,13,15H,1,3-7H2/t13-/m1/s1. The maximum absolute atomic E-state index is 4.26. The zero-order valence-electron chi connectivity index (χ0n) is 9.90. The molecule has 1 aromatic rings. The van der Waals surface area contributed by atoms with E-state index in [0.717, 1.165) is 37.1 Å². The monoisotopic (exact) mass is 295 g/mol. The van der Waals surface area contributed by atoms with E-state index in [4.69, 9.17) is 0 Å². The first-order valence-corrected chi connectivity index (χ1v) is 6.76. The Labute approximate surface area is 111 Å². The summed E-state index contributed by atoms with van der Waals surface area (Å²) in [6, 6.07) is 2.56. The van der Waals surface area contributed by atoms with Crippen LogP contribution in [0.5, 0.6) is 0 Å². The Morgan fingerprint density at radius 3 is 2.88 bits per heavy atom. The van der Waals surface area contributed by atoms with Crippen LogP contribution in [0.15, 0.2) is 35.6 Å². The van der Waals surface area contributed by atoms with Crippen molar-refractivity contribution in [3.8, 4) is 0 Å². The number of nitrogens with one attached hydrogen (secondary N) is 1. The number of hydrogen-bond acceptors (Lipinski definition) is 3. The summed E-state index contributed by atoms with van der Waals surface area (Å²) in [4.78, 5) is 6.76. The van der Waals surface area contributed by atoms with Crippen LogP contribution in [0.25, 0.3) is 0 Å². The lowest BCUT2D eigenvalue weighted by atomic mass is 10.0. The number of piperazine rings is 1. The molecule has 1 N–H and O–H groups in total. The Hall–Kier alpha value is -0.710. The molecule has 1 atom stereocenters. The molecule has 0 unspecified atom stereocenters. The van der Waals surface area contributed by atoms with Gasteiger partial charge in [-0.05, 0) is 34.0 Å². The van der Waals surface area contributed by atoms with Gasteiger partial charge in [-0.2, -0.15) is 0 Å². The maximum atomic E-state index is 4.26. The summed E-state index contributed by atoms with van der Waals surface area (Å²) in [5, 5.41) is 3.38. The van der Waals surface area contributed by atoms with Gasteiger partial charge in [0, 0.05) is 49.1 Å². The molecule has 2 heterocycles. The largest absolute Gasteiger partial charge is 0.314 e. The van der Waals surface area contributed by atoms with Gasteiger partial charge in [-0.25, -0.2) is 0 Å². The molecule has 1 aromatic heterocycles. The highest BCUT2D eigenvalue weighted by atomic mass is 79.9. The predicted octanol–water partition coefficient (Wildman–Crippen LogP) is 2.37. The number of aromatic nitrogens is 1. The van der Waals surface area contributed by atoms with Crippen molar-refractivity contribution in [1.82, 2.24) is 15.2 Å². The van der Waals surface area contributed by atoms with Crippen LogP contribution < -0.4 is 5.32 Å². The lowest BCUT2D eigenvalue weighted by molar-refractivity contribution is 0.174. The second-order valence-electron chi connectivity index (χ2n) is 4.26. The van der Waals surface area contributed by atoms with Crippen molar-refractivity contribution in [2.75, 3.05) is 26.2 Å². The molecular weight excluding hydrogens is 278 g/mol. The number of nitrogens with zero attached hydrogens (tertiary/aromatic N) is 2. The molecule has 0 radical (unpaired) electrons. The van der Waals surface area contributed by atoms with E-state index >= 15 is 0 Å². The Kier molecular flexibility index (Phi) is 4.71. The highest BCUT2D eigenvalue weighted by molar-refractivity contribution is 9.10. The Morgan fingerprint density at radius 2 is 2.24 bits per heavy atom. The molecular formula is C13H18BrN3. The van der Waals surface area contributed by atoms with Gasteiger partial charge in [-0.15, -0.1) is 6.58 Å². The van der Waals surface area contributed by atoms with E-state index in [1.54, 1.807) is 0 Å². The van der Waals surface area contributed by atoms with Crippen LogP contribution in [0.4, 0.5) is 0 Å². The molecule has 0 bridgehead atoms. The maximum Gasteiger partial charge on any atom is 0.0410 e. The van der Waals surface area contributed by atoms with Crippen LogP contribution in [0.2, 0.25) is 0 Å². The van der Waals surface area contributed by atoms with Crippen LogP contribution in [0.1, 0.15) is 18.0 Å². The number of hydrogen-bond donors (Lipinski definition) is 1. The topological polar surface area (TPSA) is 28.2 Å². The molecule has 0 aliphatic carbocycles. The molecule has 1 aliphatic rings. The minimum absolute atomic E-state index is 0.402. The van der Waals surface area contributed by atoms with E-state index in [2.05, 4.69) is 43.8 Å². The number of pyridine rings is 1. The first-order valence-electron chi connectivity index (χ1n) is 5.97. The van der Waals surface area contributed by atoms with Gasteiger partial charge >= 0.3 is 0 Å². The lowest BCUT2D eigenvalue weighted by Gasteiger charge is -2.34. The Bertz CT molecular complexity index is 375. The van der Waals surface area contributed by atoms with E-state index in [0.29, 0.717) is 6.04 Å². The Balaban J connectivity index is 2.18. The SMILES string of the molecule is C=CC[C@H](c1cncc(Br)c1)N1CCNCC1. The molecule has 1 saturated heterocycles. The van der Waals surface area contributed by atoms with Gasteiger partial charge in [0.05, 0.1) is 0 Å². The van der Waals surface area contributed by atoms with Crippen LogP contribution in [0.3, 0.4) is 0 Å². The van der Waals surface area contributed by atoms with Gasteiger partial charge in [0.2, 0.25) is 0 Å². The first kappa shape index (κ1) is 12.7. The minimum atomic E-state index is 0.402. The normalized spacial score (nSPS) is 18.9. The van der Waals surface area contributed by atoms with E-state index in [1.807, 2.05) is 18.5 Å². The van der Waals surface area contributed by atoms with E-state index in [-0.39, 0.29) is 0 Å². The van der Waals surface area contributed by atoms with Gasteiger partial charge < -0.3 is 5.32 Å². The number of rotatable bonds is 4. The van der Waals surface area contributed by atoms with Gasteiger partial charge in [0.1, 0.15) is 0 Å². The third-order valence-corrected chi connectivity index (χ3v) is 3.53. The molecule has 4 heteroatoms. The van der Waals surface area contributed by atoms with Crippen LogP contribution >= 0.6 is 15.9 Å². The molecule has 92 valence electrons. The van der Waals surface area contributed by atoms with Crippen LogP contribution in [-0.2, 0) is 0 Å². The summed E-state index contributed by atoms with van der Waals surface area (Å²) >= 11 is 3.49. The average Bonchev–Trinajstić information content (AvgIpc) is 2.37. The summed E-state index contributed by atoms with van der Waals surface area (Å²) in [5.41, 5.74) is 1.26. The van der Waals surface area contributed by atoms with Crippen molar-refractivity contribution in [2.24, 2.45) is 0 Å². The van der Waals surface area contributed by atoms with E-state index in [1.165, 1.54) is 5.56 Å². The minimum Gasteiger partial charge on any atom is -0.314 e. The summed E-state index contributed by atoms with van der Waals surface area (Å²) < 4.78 is 1.04. The molecule has 2 rings (SSSR count). The highest BCUT2D eigenvalue weighted by Crippen LogP contribution is 2.26. The Morgan fingerprint density at radius 1 is 1.47 bits per heavy atom. The fraction of sp³-hybridized carbons (Fsp3) is 0.462. The molecule has 3 nitrogen and oxygen atoms in total. The summed E-state index contributed by atoms with van der Waals surface area (Å²) in [6.07, 6.45) is 6.75. The van der Waals surface area contributed by atoms with Crippen molar-refractivity contribution in [1.29, 1.82) is 0 Å². The van der Waals surface area contributed by atoms with Crippen LogP contribution in [0, 0.1) is 0 Å². The van der Waals surface area contributed by atoms with Gasteiger partial charge in [0.15, 0.2) is 0 Å². The van der Waals surface area contributed by atoms with Crippen molar-refractivity contribution >= 4 is 15.9 Å². The van der Waals surface area contributed by atoms with Crippen LogP contribution in [-0.4, -0.2) is 36.1 Å². The van der Waals surface area contributed by atoms with Gasteiger partial charge in [0.25, 0.3) is 0 Å². The van der Waals surface area contributed by atoms with Gasteiger partial charge in [-0.1, -0.05) is 6.08 Å². The quantitative estimate of drug-likeness (QED) is 0.865. The number of halogens is 1. The van der Waals surface area contributed by atoms with Crippen molar-refractivity contribution < 1.29 is 0 Å². The third kappa shape index (κ3) is 3.37. The smallest absolute Gasteiger partial charge is 0.0410 e. The third-order valence-electron chi connectivity index (χ3n) is 3.09. The fourth-order valence-electron chi connectivity index (χ4n) is 2.26. The van der Waals surface area contributed by atoms with Gasteiger partial charge in [-0.3, -0.25) is 9.88 Å². The molecule has 0 aromatic carbocycles. The molecule has 0 amide bonds. The lowest BCUT2D eigenvalue weighted by Crippen LogP contribution is -2.45.